The van der Waals surface area contributed by atoms with Gasteiger partial charge >= 0.3 is 0 Å². The quantitative estimate of drug-likeness (QED) is 0.870. The van der Waals surface area contributed by atoms with Gasteiger partial charge in [0.2, 0.25) is 5.56 Å². The zero-order chi connectivity index (χ0) is 13.0. The molecule has 0 aliphatic carbocycles. The first-order chi connectivity index (χ1) is 8.70. The van der Waals surface area contributed by atoms with Crippen molar-refractivity contribution in [1.29, 1.82) is 0 Å². The number of hydrogen-bond donors (Lipinski definition) is 1. The fourth-order valence-electron chi connectivity index (χ4n) is 2.54. The smallest absolute Gasteiger partial charge is 0.254 e. The number of pyridine rings is 1. The SMILES string of the molecule is CCC1CCCN(C(=O)c2cc[nH]c(=O)c2)CC1. The van der Waals surface area contributed by atoms with Crippen molar-refractivity contribution in [3.8, 4) is 0 Å². The molecule has 2 rings (SSSR count). The summed E-state index contributed by atoms with van der Waals surface area (Å²) < 4.78 is 0. The molecule has 4 nitrogen and oxygen atoms in total. The third kappa shape index (κ3) is 3.00. The first kappa shape index (κ1) is 12.9. The molecule has 2 heterocycles. The lowest BCUT2D eigenvalue weighted by atomic mass is 9.98. The Hall–Kier alpha value is -1.58. The molecule has 18 heavy (non-hydrogen) atoms. The van der Waals surface area contributed by atoms with Crippen LogP contribution in [0.1, 0.15) is 43.0 Å². The molecule has 1 N–H and O–H groups in total. The first-order valence-electron chi connectivity index (χ1n) is 6.68. The van der Waals surface area contributed by atoms with E-state index in [0.717, 1.165) is 31.8 Å². The highest BCUT2D eigenvalue weighted by molar-refractivity contribution is 5.94. The van der Waals surface area contributed by atoms with Gasteiger partial charge in [0, 0.05) is 30.9 Å². The molecule has 0 spiro atoms. The van der Waals surface area contributed by atoms with E-state index in [1.807, 2.05) is 4.90 Å². The van der Waals surface area contributed by atoms with Crippen LogP contribution in [-0.4, -0.2) is 28.9 Å². The molecular weight excluding hydrogens is 228 g/mol. The minimum Gasteiger partial charge on any atom is -0.339 e. The average molecular weight is 248 g/mol. The van der Waals surface area contributed by atoms with E-state index in [4.69, 9.17) is 0 Å². The summed E-state index contributed by atoms with van der Waals surface area (Å²) >= 11 is 0. The maximum absolute atomic E-state index is 12.3. The van der Waals surface area contributed by atoms with Gasteiger partial charge in [-0.2, -0.15) is 0 Å². The summed E-state index contributed by atoms with van der Waals surface area (Å²) in [5.41, 5.74) is 0.274. The van der Waals surface area contributed by atoms with Crippen LogP contribution in [-0.2, 0) is 0 Å². The van der Waals surface area contributed by atoms with E-state index in [1.54, 1.807) is 6.07 Å². The molecule has 0 bridgehead atoms. The van der Waals surface area contributed by atoms with Gasteiger partial charge in [0.1, 0.15) is 0 Å². The summed E-state index contributed by atoms with van der Waals surface area (Å²) in [6.45, 7) is 3.82. The lowest BCUT2D eigenvalue weighted by molar-refractivity contribution is 0.0759. The molecule has 1 aromatic rings. The molecule has 1 aliphatic rings. The van der Waals surface area contributed by atoms with Crippen LogP contribution in [0.3, 0.4) is 0 Å². The van der Waals surface area contributed by atoms with E-state index < -0.39 is 0 Å². The maximum Gasteiger partial charge on any atom is 0.254 e. The Labute approximate surface area is 107 Å². The summed E-state index contributed by atoms with van der Waals surface area (Å²) in [6, 6.07) is 3.05. The van der Waals surface area contributed by atoms with Crippen molar-refractivity contribution in [2.24, 2.45) is 5.92 Å². The molecule has 1 atom stereocenters. The van der Waals surface area contributed by atoms with Crippen molar-refractivity contribution in [1.82, 2.24) is 9.88 Å². The molecule has 1 aromatic heterocycles. The second kappa shape index (κ2) is 5.85. The topological polar surface area (TPSA) is 53.2 Å². The van der Waals surface area contributed by atoms with Crippen molar-refractivity contribution >= 4 is 5.91 Å². The van der Waals surface area contributed by atoms with Crippen LogP contribution in [0.15, 0.2) is 23.1 Å². The van der Waals surface area contributed by atoms with Gasteiger partial charge < -0.3 is 9.88 Å². The van der Waals surface area contributed by atoms with E-state index in [-0.39, 0.29) is 11.5 Å². The van der Waals surface area contributed by atoms with Gasteiger partial charge in [0.05, 0.1) is 0 Å². The molecule has 0 aromatic carbocycles. The fourth-order valence-corrected chi connectivity index (χ4v) is 2.54. The van der Waals surface area contributed by atoms with E-state index in [0.29, 0.717) is 5.56 Å². The monoisotopic (exact) mass is 248 g/mol. The Morgan fingerprint density at radius 1 is 1.44 bits per heavy atom. The molecule has 4 heteroatoms. The number of likely N-dealkylation sites (tertiary alicyclic amines) is 1. The molecule has 1 fully saturated rings. The molecule has 1 saturated heterocycles. The fraction of sp³-hybridized carbons (Fsp3) is 0.571. The second-order valence-electron chi connectivity index (χ2n) is 4.94. The van der Waals surface area contributed by atoms with Crippen LogP contribution in [0, 0.1) is 5.92 Å². The Morgan fingerprint density at radius 2 is 2.28 bits per heavy atom. The Kier molecular flexibility index (Phi) is 4.18. The van der Waals surface area contributed by atoms with E-state index >= 15 is 0 Å². The van der Waals surface area contributed by atoms with Crippen LogP contribution in [0.5, 0.6) is 0 Å². The number of H-pyrrole nitrogens is 1. The molecule has 0 radical (unpaired) electrons. The molecule has 1 amide bonds. The van der Waals surface area contributed by atoms with Gasteiger partial charge in [-0.05, 0) is 31.2 Å². The predicted molar refractivity (Wildman–Crippen MR) is 70.6 cm³/mol. The molecule has 98 valence electrons. The molecule has 1 aliphatic heterocycles. The third-order valence-electron chi connectivity index (χ3n) is 3.73. The van der Waals surface area contributed by atoms with Crippen LogP contribution in [0.25, 0.3) is 0 Å². The minimum atomic E-state index is -0.220. The molecule has 1 unspecified atom stereocenters. The van der Waals surface area contributed by atoms with Crippen LogP contribution in [0.4, 0.5) is 0 Å². The highest BCUT2D eigenvalue weighted by atomic mass is 16.2. The van der Waals surface area contributed by atoms with E-state index in [1.165, 1.54) is 25.1 Å². The number of carbonyl (C=O) groups excluding carboxylic acids is 1. The number of rotatable bonds is 2. The number of hydrogen-bond acceptors (Lipinski definition) is 2. The Bertz CT molecular complexity index is 467. The maximum atomic E-state index is 12.3. The average Bonchev–Trinajstić information content (AvgIpc) is 2.63. The normalized spacial score (nSPS) is 20.5. The minimum absolute atomic E-state index is 0.0159. The van der Waals surface area contributed by atoms with Crippen molar-refractivity contribution < 1.29 is 4.79 Å². The highest BCUT2D eigenvalue weighted by Gasteiger charge is 2.20. The Balaban J connectivity index is 2.07. The number of amides is 1. The van der Waals surface area contributed by atoms with E-state index in [9.17, 15) is 9.59 Å². The summed E-state index contributed by atoms with van der Waals surface area (Å²) in [6.07, 6.45) is 6.06. The summed E-state index contributed by atoms with van der Waals surface area (Å²) in [5.74, 6) is 0.722. The van der Waals surface area contributed by atoms with Crippen LogP contribution >= 0.6 is 0 Å². The van der Waals surface area contributed by atoms with Crippen LogP contribution < -0.4 is 5.56 Å². The third-order valence-corrected chi connectivity index (χ3v) is 3.73. The van der Waals surface area contributed by atoms with E-state index in [2.05, 4.69) is 11.9 Å². The predicted octanol–water partition coefficient (Wildman–Crippen LogP) is 2.03. The van der Waals surface area contributed by atoms with Crippen LogP contribution in [0.2, 0.25) is 0 Å². The first-order valence-corrected chi connectivity index (χ1v) is 6.68. The summed E-state index contributed by atoms with van der Waals surface area (Å²) in [5, 5.41) is 0. The Morgan fingerprint density at radius 3 is 3.00 bits per heavy atom. The number of carbonyl (C=O) groups is 1. The number of aromatic amines is 1. The second-order valence-corrected chi connectivity index (χ2v) is 4.94. The largest absolute Gasteiger partial charge is 0.339 e. The molecular formula is C14H20N2O2. The van der Waals surface area contributed by atoms with Gasteiger partial charge in [0.15, 0.2) is 0 Å². The van der Waals surface area contributed by atoms with Crippen molar-refractivity contribution in [2.75, 3.05) is 13.1 Å². The molecule has 0 saturated carbocycles. The lowest BCUT2D eigenvalue weighted by Crippen LogP contribution is -2.32. The van der Waals surface area contributed by atoms with Gasteiger partial charge in [-0.1, -0.05) is 13.3 Å². The van der Waals surface area contributed by atoms with Gasteiger partial charge in [-0.25, -0.2) is 0 Å². The highest BCUT2D eigenvalue weighted by Crippen LogP contribution is 2.21. The van der Waals surface area contributed by atoms with Crippen molar-refractivity contribution in [3.05, 3.63) is 34.2 Å². The van der Waals surface area contributed by atoms with Gasteiger partial charge in [-0.15, -0.1) is 0 Å². The lowest BCUT2D eigenvalue weighted by Gasteiger charge is -2.20. The van der Waals surface area contributed by atoms with Gasteiger partial charge in [0.25, 0.3) is 5.91 Å². The zero-order valence-electron chi connectivity index (χ0n) is 10.8. The van der Waals surface area contributed by atoms with Crippen molar-refractivity contribution in [2.45, 2.75) is 32.6 Å². The standard InChI is InChI=1S/C14H20N2O2/c1-2-11-4-3-8-16(9-6-11)14(18)12-5-7-15-13(17)10-12/h5,7,10-11H,2-4,6,8-9H2,1H3,(H,15,17). The summed E-state index contributed by atoms with van der Waals surface area (Å²) in [7, 11) is 0. The zero-order valence-corrected chi connectivity index (χ0v) is 10.8. The summed E-state index contributed by atoms with van der Waals surface area (Å²) in [4.78, 5) is 27.9. The van der Waals surface area contributed by atoms with Gasteiger partial charge in [-0.3, -0.25) is 9.59 Å². The number of nitrogens with one attached hydrogen (secondary N) is 1. The number of aromatic nitrogens is 1. The number of nitrogens with zero attached hydrogens (tertiary/aromatic N) is 1. The van der Waals surface area contributed by atoms with Crippen molar-refractivity contribution in [3.63, 3.8) is 0 Å².